The Morgan fingerprint density at radius 3 is 2.56 bits per heavy atom. The van der Waals surface area contributed by atoms with E-state index >= 15 is 0 Å². The fraction of sp³-hybridized carbons (Fsp3) is 0.500. The summed E-state index contributed by atoms with van der Waals surface area (Å²) in [5, 5.41) is 0.692. The highest BCUT2D eigenvalue weighted by atomic mass is 35.5. The van der Waals surface area contributed by atoms with E-state index in [0.717, 1.165) is 24.5 Å². The van der Waals surface area contributed by atoms with Gasteiger partial charge >= 0.3 is 0 Å². The highest BCUT2D eigenvalue weighted by molar-refractivity contribution is 6.31. The number of ether oxygens (including phenoxy) is 1. The molecule has 3 rings (SSSR count). The van der Waals surface area contributed by atoms with Gasteiger partial charge in [0.2, 0.25) is 0 Å². The maximum atomic E-state index is 6.00. The molecule has 2 N–H and O–H groups in total. The standard InChI is InChI=1S/C12H15ClN2O/c13-8-1-4-12(11(14)5-8)15-6-9-2-3-10(7-15)16-9/h1,4-5,9-10H,2-3,6-7,14H2. The molecule has 0 saturated carbocycles. The zero-order valence-corrected chi connectivity index (χ0v) is 9.78. The highest BCUT2D eigenvalue weighted by Crippen LogP contribution is 2.33. The van der Waals surface area contributed by atoms with Crippen molar-refractivity contribution in [3.63, 3.8) is 0 Å². The van der Waals surface area contributed by atoms with Gasteiger partial charge in [0.25, 0.3) is 0 Å². The van der Waals surface area contributed by atoms with Crippen LogP contribution in [0.1, 0.15) is 12.8 Å². The van der Waals surface area contributed by atoms with E-state index in [1.807, 2.05) is 18.2 Å². The first-order valence-electron chi connectivity index (χ1n) is 5.68. The molecular weight excluding hydrogens is 224 g/mol. The predicted octanol–water partition coefficient (Wildman–Crippen LogP) is 2.29. The van der Waals surface area contributed by atoms with E-state index in [-0.39, 0.29) is 0 Å². The van der Waals surface area contributed by atoms with Gasteiger partial charge in [0.15, 0.2) is 0 Å². The summed E-state index contributed by atoms with van der Waals surface area (Å²) in [4.78, 5) is 2.32. The van der Waals surface area contributed by atoms with Crippen molar-refractivity contribution in [2.24, 2.45) is 0 Å². The van der Waals surface area contributed by atoms with Crippen LogP contribution in [0.5, 0.6) is 0 Å². The van der Waals surface area contributed by atoms with E-state index < -0.39 is 0 Å². The summed E-state index contributed by atoms with van der Waals surface area (Å²) in [6.07, 6.45) is 3.12. The molecule has 1 aromatic carbocycles. The molecule has 2 unspecified atom stereocenters. The van der Waals surface area contributed by atoms with Crippen LogP contribution in [0.15, 0.2) is 18.2 Å². The molecule has 3 nitrogen and oxygen atoms in total. The van der Waals surface area contributed by atoms with Gasteiger partial charge in [-0.25, -0.2) is 0 Å². The lowest BCUT2D eigenvalue weighted by atomic mass is 10.2. The van der Waals surface area contributed by atoms with Crippen LogP contribution >= 0.6 is 11.6 Å². The summed E-state index contributed by atoms with van der Waals surface area (Å²) in [6, 6.07) is 5.71. The molecule has 0 radical (unpaired) electrons. The number of morpholine rings is 1. The molecule has 0 aliphatic carbocycles. The van der Waals surface area contributed by atoms with Crippen LogP contribution in [0.25, 0.3) is 0 Å². The summed E-state index contributed by atoms with van der Waals surface area (Å²) >= 11 is 5.90. The maximum absolute atomic E-state index is 6.00. The molecular formula is C12H15ClN2O. The Balaban J connectivity index is 1.87. The lowest BCUT2D eigenvalue weighted by Gasteiger charge is -2.34. The summed E-state index contributed by atoms with van der Waals surface area (Å²) in [7, 11) is 0. The van der Waals surface area contributed by atoms with E-state index in [0.29, 0.717) is 17.2 Å². The number of nitrogens with two attached hydrogens (primary N) is 1. The number of fused-ring (bicyclic) bond motifs is 2. The summed E-state index contributed by atoms with van der Waals surface area (Å²) in [5.41, 5.74) is 7.84. The number of hydrogen-bond donors (Lipinski definition) is 1. The lowest BCUT2D eigenvalue weighted by molar-refractivity contribution is 0.0305. The average molecular weight is 239 g/mol. The van der Waals surface area contributed by atoms with E-state index in [9.17, 15) is 0 Å². The first kappa shape index (κ1) is 10.2. The third-order valence-corrected chi connectivity index (χ3v) is 3.61. The van der Waals surface area contributed by atoms with Gasteiger partial charge < -0.3 is 15.4 Å². The van der Waals surface area contributed by atoms with Crippen molar-refractivity contribution in [1.29, 1.82) is 0 Å². The van der Waals surface area contributed by atoms with Gasteiger partial charge in [-0.3, -0.25) is 0 Å². The smallest absolute Gasteiger partial charge is 0.0755 e. The van der Waals surface area contributed by atoms with Crippen molar-refractivity contribution >= 4 is 23.0 Å². The van der Waals surface area contributed by atoms with Crippen LogP contribution in [0.4, 0.5) is 11.4 Å². The molecule has 0 aromatic heterocycles. The second-order valence-corrected chi connectivity index (χ2v) is 5.00. The molecule has 1 aromatic rings. The van der Waals surface area contributed by atoms with Gasteiger partial charge in [-0.05, 0) is 31.0 Å². The number of halogens is 1. The van der Waals surface area contributed by atoms with Crippen molar-refractivity contribution < 1.29 is 4.74 Å². The second kappa shape index (κ2) is 3.82. The van der Waals surface area contributed by atoms with Gasteiger partial charge in [0.1, 0.15) is 0 Å². The van der Waals surface area contributed by atoms with E-state index in [1.54, 1.807) is 0 Å². The van der Waals surface area contributed by atoms with Crippen molar-refractivity contribution in [3.05, 3.63) is 23.2 Å². The molecule has 2 aliphatic rings. The van der Waals surface area contributed by atoms with E-state index in [1.165, 1.54) is 12.8 Å². The summed E-state index contributed by atoms with van der Waals surface area (Å²) < 4.78 is 5.80. The van der Waals surface area contributed by atoms with Gasteiger partial charge in [-0.2, -0.15) is 0 Å². The molecule has 0 spiro atoms. The van der Waals surface area contributed by atoms with Gasteiger partial charge in [0, 0.05) is 18.1 Å². The van der Waals surface area contributed by atoms with Crippen LogP contribution in [0.3, 0.4) is 0 Å². The van der Waals surface area contributed by atoms with Gasteiger partial charge in [-0.1, -0.05) is 11.6 Å². The lowest BCUT2D eigenvalue weighted by Crippen LogP contribution is -2.42. The summed E-state index contributed by atoms with van der Waals surface area (Å²) in [6.45, 7) is 1.89. The van der Waals surface area contributed by atoms with Crippen LogP contribution in [0.2, 0.25) is 5.02 Å². The van der Waals surface area contributed by atoms with Crippen molar-refractivity contribution in [2.45, 2.75) is 25.0 Å². The van der Waals surface area contributed by atoms with Crippen molar-refractivity contribution in [2.75, 3.05) is 23.7 Å². The Morgan fingerprint density at radius 2 is 1.94 bits per heavy atom. The van der Waals surface area contributed by atoms with Crippen LogP contribution in [-0.4, -0.2) is 25.3 Å². The number of nitrogen functional groups attached to an aromatic ring is 1. The minimum atomic E-state index is 0.383. The quantitative estimate of drug-likeness (QED) is 0.763. The minimum absolute atomic E-state index is 0.383. The zero-order valence-electron chi connectivity index (χ0n) is 9.03. The Bertz CT molecular complexity index is 398. The average Bonchev–Trinajstić information content (AvgIpc) is 2.58. The Hall–Kier alpha value is -0.930. The number of hydrogen-bond acceptors (Lipinski definition) is 3. The van der Waals surface area contributed by atoms with Gasteiger partial charge in [-0.15, -0.1) is 0 Å². The second-order valence-electron chi connectivity index (χ2n) is 4.57. The number of nitrogens with zero attached hydrogens (tertiary/aromatic N) is 1. The predicted molar refractivity (Wildman–Crippen MR) is 66.0 cm³/mol. The minimum Gasteiger partial charge on any atom is -0.397 e. The molecule has 2 fully saturated rings. The normalized spacial score (nSPS) is 28.4. The third kappa shape index (κ3) is 1.74. The van der Waals surface area contributed by atoms with Crippen molar-refractivity contribution in [3.8, 4) is 0 Å². The number of rotatable bonds is 1. The van der Waals surface area contributed by atoms with E-state index in [2.05, 4.69) is 4.90 Å². The molecule has 2 atom stereocenters. The Morgan fingerprint density at radius 1 is 1.25 bits per heavy atom. The molecule has 86 valence electrons. The first-order valence-corrected chi connectivity index (χ1v) is 6.05. The Labute approximate surface area is 100 Å². The zero-order chi connectivity index (χ0) is 11.1. The first-order chi connectivity index (χ1) is 7.72. The molecule has 2 saturated heterocycles. The molecule has 16 heavy (non-hydrogen) atoms. The molecule has 2 aliphatic heterocycles. The molecule has 2 bridgehead atoms. The Kier molecular flexibility index (Phi) is 2.45. The largest absolute Gasteiger partial charge is 0.397 e. The highest BCUT2D eigenvalue weighted by Gasteiger charge is 2.34. The monoisotopic (exact) mass is 238 g/mol. The fourth-order valence-corrected chi connectivity index (χ4v) is 2.81. The van der Waals surface area contributed by atoms with Crippen LogP contribution in [0, 0.1) is 0 Å². The summed E-state index contributed by atoms with van der Waals surface area (Å²) in [5.74, 6) is 0. The SMILES string of the molecule is Nc1cc(Cl)ccc1N1CC2CCC(C1)O2. The number of benzene rings is 1. The van der Waals surface area contributed by atoms with Crippen LogP contribution < -0.4 is 10.6 Å². The third-order valence-electron chi connectivity index (χ3n) is 3.37. The van der Waals surface area contributed by atoms with Gasteiger partial charge in [0.05, 0.1) is 23.6 Å². The fourth-order valence-electron chi connectivity index (χ4n) is 2.62. The molecule has 0 amide bonds. The molecule has 2 heterocycles. The number of anilines is 2. The van der Waals surface area contributed by atoms with Crippen LogP contribution in [-0.2, 0) is 4.74 Å². The van der Waals surface area contributed by atoms with Crippen molar-refractivity contribution in [1.82, 2.24) is 0 Å². The maximum Gasteiger partial charge on any atom is 0.0755 e. The van der Waals surface area contributed by atoms with E-state index in [4.69, 9.17) is 22.1 Å². The topological polar surface area (TPSA) is 38.5 Å². The molecule has 4 heteroatoms.